The number of hydrogen-bond acceptors (Lipinski definition) is 4. The fourth-order valence-corrected chi connectivity index (χ4v) is 2.07. The zero-order valence-corrected chi connectivity index (χ0v) is 10.4. The predicted octanol–water partition coefficient (Wildman–Crippen LogP) is 0.353. The maximum Gasteiger partial charge on any atom is 0.330 e. The molecular weight excluding hydrogens is 327 g/mol. The second kappa shape index (κ2) is 4.68. The van der Waals surface area contributed by atoms with Crippen LogP contribution in [0.4, 0.5) is 0 Å². The molecule has 2 rings (SSSR count). The van der Waals surface area contributed by atoms with Gasteiger partial charge in [-0.15, -0.1) is 0 Å². The topological polar surface area (TPSA) is 84.3 Å². The summed E-state index contributed by atoms with van der Waals surface area (Å²) in [5.74, 6) is 0. The fourth-order valence-electron chi connectivity index (χ4n) is 1.63. The van der Waals surface area contributed by atoms with Crippen molar-refractivity contribution in [1.29, 1.82) is 0 Å². The van der Waals surface area contributed by atoms with Crippen molar-refractivity contribution in [2.24, 2.45) is 0 Å². The second-order valence-corrected chi connectivity index (χ2v) is 4.66. The smallest absolute Gasteiger partial charge is 0.330 e. The molecule has 0 unspecified atom stereocenters. The van der Waals surface area contributed by atoms with Gasteiger partial charge in [0, 0.05) is 6.20 Å². The Labute approximate surface area is 104 Å². The fraction of sp³-hybridized carbons (Fsp3) is 0.444. The van der Waals surface area contributed by atoms with Crippen LogP contribution in [0.1, 0.15) is 19.1 Å². The van der Waals surface area contributed by atoms with Crippen molar-refractivity contribution < 1.29 is 9.84 Å². The van der Waals surface area contributed by atoms with E-state index in [0.29, 0.717) is 16.4 Å². The van der Waals surface area contributed by atoms with Crippen LogP contribution in [0.5, 0.6) is 0 Å². The minimum absolute atomic E-state index is 0.346. The van der Waals surface area contributed by atoms with Crippen LogP contribution in [0.2, 0.25) is 0 Å². The lowest BCUT2D eigenvalue weighted by atomic mass is 10.2. The van der Waals surface area contributed by atoms with Crippen LogP contribution in [0.15, 0.2) is 15.8 Å². The summed E-state index contributed by atoms with van der Waals surface area (Å²) in [4.78, 5) is 24.9. The quantitative estimate of drug-likeness (QED) is 0.763. The Morgan fingerprint density at radius 1 is 1.56 bits per heavy atom. The van der Waals surface area contributed by atoms with Crippen LogP contribution in [0, 0.1) is 10.2 Å². The van der Waals surface area contributed by atoms with Crippen LogP contribution in [-0.2, 0) is 4.74 Å². The Bertz CT molecular complexity index is 495. The number of aromatic amines is 1. The predicted molar refractivity (Wildman–Crippen MR) is 63.4 cm³/mol. The summed E-state index contributed by atoms with van der Waals surface area (Å²) in [6.07, 6.45) is 1.98. The number of halogens is 1. The van der Waals surface area contributed by atoms with Crippen molar-refractivity contribution in [3.63, 3.8) is 0 Å². The maximum atomic E-state index is 11.5. The molecule has 0 saturated carbocycles. The zero-order chi connectivity index (χ0) is 11.7. The number of aliphatic hydroxyl groups excluding tert-OH is 1. The van der Waals surface area contributed by atoms with E-state index in [1.807, 2.05) is 22.6 Å². The SMILES string of the molecule is O=c1[nH]c(=O)n([C@H]2CC[C@@H]([CH]O)O2)cc1I. The van der Waals surface area contributed by atoms with Gasteiger partial charge in [-0.2, -0.15) is 0 Å². The van der Waals surface area contributed by atoms with E-state index in [2.05, 4.69) is 4.98 Å². The summed E-state index contributed by atoms with van der Waals surface area (Å²) in [7, 11) is 0. The van der Waals surface area contributed by atoms with E-state index in [4.69, 9.17) is 9.84 Å². The first-order valence-corrected chi connectivity index (χ1v) is 5.83. The van der Waals surface area contributed by atoms with E-state index >= 15 is 0 Å². The lowest BCUT2D eigenvalue weighted by Gasteiger charge is -2.14. The first-order chi connectivity index (χ1) is 7.61. The number of aliphatic hydroxyl groups is 1. The van der Waals surface area contributed by atoms with Crippen LogP contribution < -0.4 is 11.2 Å². The molecule has 2 N–H and O–H groups in total. The number of aromatic nitrogens is 2. The molecule has 0 aromatic carbocycles. The van der Waals surface area contributed by atoms with E-state index in [1.165, 1.54) is 10.8 Å². The van der Waals surface area contributed by atoms with Crippen molar-refractivity contribution in [2.45, 2.75) is 25.2 Å². The Morgan fingerprint density at radius 3 is 2.94 bits per heavy atom. The highest BCUT2D eigenvalue weighted by atomic mass is 127. The highest BCUT2D eigenvalue weighted by Crippen LogP contribution is 2.27. The van der Waals surface area contributed by atoms with E-state index in [9.17, 15) is 9.59 Å². The highest BCUT2D eigenvalue weighted by molar-refractivity contribution is 14.1. The standard InChI is InChI=1S/C9H10IN2O4/c10-6-3-12(9(15)11-8(6)14)7-2-1-5(4-13)16-7/h3-5,7,13H,1-2H2,(H,11,14,15)/t5-,7+/m0/s1. The second-order valence-electron chi connectivity index (χ2n) is 3.50. The summed E-state index contributed by atoms with van der Waals surface area (Å²) in [6, 6.07) is 0. The summed E-state index contributed by atoms with van der Waals surface area (Å²) < 4.78 is 7.17. The largest absolute Gasteiger partial charge is 0.388 e. The first-order valence-electron chi connectivity index (χ1n) is 4.76. The molecule has 1 aromatic heterocycles. The molecule has 1 aliphatic heterocycles. The van der Waals surface area contributed by atoms with Gasteiger partial charge in [0.25, 0.3) is 5.56 Å². The lowest BCUT2D eigenvalue weighted by molar-refractivity contribution is -0.00438. The number of nitrogens with zero attached hydrogens (tertiary/aromatic N) is 1. The monoisotopic (exact) mass is 337 g/mol. The van der Waals surface area contributed by atoms with Crippen molar-refractivity contribution in [2.75, 3.05) is 0 Å². The first kappa shape index (κ1) is 11.8. The van der Waals surface area contributed by atoms with E-state index in [1.54, 1.807) is 0 Å². The van der Waals surface area contributed by atoms with Gasteiger partial charge in [-0.05, 0) is 35.4 Å². The average molecular weight is 337 g/mol. The van der Waals surface area contributed by atoms with Gasteiger partial charge >= 0.3 is 5.69 Å². The average Bonchev–Trinajstić information content (AvgIpc) is 2.71. The van der Waals surface area contributed by atoms with Crippen LogP contribution in [-0.4, -0.2) is 20.8 Å². The lowest BCUT2D eigenvalue weighted by Crippen LogP contribution is -2.33. The molecule has 0 bridgehead atoms. The van der Waals surface area contributed by atoms with Crippen LogP contribution >= 0.6 is 22.6 Å². The van der Waals surface area contributed by atoms with E-state index < -0.39 is 17.5 Å². The number of rotatable bonds is 2. The summed E-state index contributed by atoms with van der Waals surface area (Å²) >= 11 is 1.85. The number of ether oxygens (including phenoxy) is 1. The molecule has 0 spiro atoms. The van der Waals surface area contributed by atoms with E-state index in [0.717, 1.165) is 6.61 Å². The molecule has 1 fully saturated rings. The van der Waals surface area contributed by atoms with Gasteiger partial charge in [0.15, 0.2) is 0 Å². The van der Waals surface area contributed by atoms with Crippen LogP contribution in [0.3, 0.4) is 0 Å². The van der Waals surface area contributed by atoms with Crippen molar-refractivity contribution in [3.05, 3.63) is 37.2 Å². The Morgan fingerprint density at radius 2 is 2.31 bits per heavy atom. The van der Waals surface area contributed by atoms with Gasteiger partial charge < -0.3 is 9.84 Å². The minimum atomic E-state index is -0.492. The third-order valence-corrected chi connectivity index (χ3v) is 3.20. The van der Waals surface area contributed by atoms with Gasteiger partial charge in [0.1, 0.15) is 12.8 Å². The Kier molecular flexibility index (Phi) is 3.45. The molecule has 2 heterocycles. The zero-order valence-electron chi connectivity index (χ0n) is 8.22. The Hall–Kier alpha value is -0.670. The molecule has 6 nitrogen and oxygen atoms in total. The normalized spacial score (nSPS) is 24.9. The molecule has 7 heteroatoms. The number of hydrogen-bond donors (Lipinski definition) is 2. The summed E-state index contributed by atoms with van der Waals surface area (Å²) in [5.41, 5.74) is -0.890. The molecule has 16 heavy (non-hydrogen) atoms. The summed E-state index contributed by atoms with van der Waals surface area (Å²) in [6.45, 7) is 0.974. The molecule has 0 amide bonds. The van der Waals surface area contributed by atoms with Crippen LogP contribution in [0.25, 0.3) is 0 Å². The molecule has 1 aromatic rings. The third kappa shape index (κ3) is 2.20. The number of H-pyrrole nitrogens is 1. The maximum absolute atomic E-state index is 11.5. The molecule has 87 valence electrons. The van der Waals surface area contributed by atoms with Gasteiger partial charge in [-0.3, -0.25) is 14.3 Å². The highest BCUT2D eigenvalue weighted by Gasteiger charge is 2.27. The van der Waals surface area contributed by atoms with Gasteiger partial charge in [-0.1, -0.05) is 0 Å². The molecule has 1 aliphatic rings. The number of nitrogens with one attached hydrogen (secondary N) is 1. The molecule has 2 atom stereocenters. The van der Waals surface area contributed by atoms with Crippen molar-refractivity contribution >= 4 is 22.6 Å². The third-order valence-electron chi connectivity index (χ3n) is 2.43. The Balaban J connectivity index is 2.32. The van der Waals surface area contributed by atoms with Gasteiger partial charge in [-0.25, -0.2) is 4.79 Å². The molecule has 0 aliphatic carbocycles. The molecular formula is C9H10IN2O4. The van der Waals surface area contributed by atoms with Crippen molar-refractivity contribution in [1.82, 2.24) is 9.55 Å². The van der Waals surface area contributed by atoms with Gasteiger partial charge in [0.2, 0.25) is 0 Å². The van der Waals surface area contributed by atoms with E-state index in [-0.39, 0.29) is 6.10 Å². The molecule has 1 saturated heterocycles. The minimum Gasteiger partial charge on any atom is -0.388 e. The van der Waals surface area contributed by atoms with Gasteiger partial charge in [0.05, 0.1) is 9.67 Å². The van der Waals surface area contributed by atoms with Crippen molar-refractivity contribution in [3.8, 4) is 0 Å². The molecule has 1 radical (unpaired) electrons. The summed E-state index contributed by atoms with van der Waals surface area (Å²) in [5, 5.41) is 8.80.